The molecule has 5 aromatic carbocycles. The SMILES string of the molecule is CC(C)Oc1cc(-c2ccc(CC(Cc3ccccc3)(c3ccccc3)n3nnc4ccccc43)cc2)ccc1C(=O)OC(C)(C)C. The predicted molar refractivity (Wildman–Crippen MR) is 188 cm³/mol. The highest BCUT2D eigenvalue weighted by Gasteiger charge is 2.37. The smallest absolute Gasteiger partial charge is 0.342 e. The molecule has 0 saturated carbocycles. The molecule has 238 valence electrons. The van der Waals surface area contributed by atoms with Gasteiger partial charge in [0, 0.05) is 12.8 Å². The second kappa shape index (κ2) is 13.2. The Morgan fingerprint density at radius 1 is 0.723 bits per heavy atom. The number of rotatable bonds is 10. The van der Waals surface area contributed by atoms with Gasteiger partial charge in [-0.2, -0.15) is 0 Å². The number of fused-ring (bicyclic) bond motifs is 1. The molecule has 6 heteroatoms. The highest BCUT2D eigenvalue weighted by molar-refractivity contribution is 5.93. The number of esters is 1. The zero-order chi connectivity index (χ0) is 33.0. The van der Waals surface area contributed by atoms with Crippen LogP contribution in [-0.4, -0.2) is 32.7 Å². The first-order valence-corrected chi connectivity index (χ1v) is 16.2. The van der Waals surface area contributed by atoms with E-state index in [0.717, 1.165) is 39.7 Å². The Morgan fingerprint density at radius 3 is 1.98 bits per heavy atom. The van der Waals surface area contributed by atoms with Gasteiger partial charge in [0.2, 0.25) is 0 Å². The lowest BCUT2D eigenvalue weighted by atomic mass is 9.78. The lowest BCUT2D eigenvalue weighted by Gasteiger charge is -2.36. The fraction of sp³-hybridized carbons (Fsp3) is 0.244. The molecular weight excluding hydrogens is 582 g/mol. The quantitative estimate of drug-likeness (QED) is 0.142. The summed E-state index contributed by atoms with van der Waals surface area (Å²) in [6.45, 7) is 9.49. The summed E-state index contributed by atoms with van der Waals surface area (Å²) >= 11 is 0. The number of aromatic nitrogens is 3. The number of benzene rings is 5. The fourth-order valence-electron chi connectivity index (χ4n) is 6.11. The van der Waals surface area contributed by atoms with Gasteiger partial charge < -0.3 is 9.47 Å². The van der Waals surface area contributed by atoms with Crippen LogP contribution in [0.3, 0.4) is 0 Å². The third-order valence-corrected chi connectivity index (χ3v) is 8.15. The molecule has 6 rings (SSSR count). The molecule has 1 aromatic heterocycles. The van der Waals surface area contributed by atoms with E-state index < -0.39 is 17.1 Å². The number of carbonyl (C=O) groups is 1. The number of hydrogen-bond acceptors (Lipinski definition) is 5. The van der Waals surface area contributed by atoms with Crippen LogP contribution in [0.25, 0.3) is 22.2 Å². The largest absolute Gasteiger partial charge is 0.490 e. The number of carbonyl (C=O) groups excluding carboxylic acids is 1. The molecular formula is C41H41N3O3. The molecule has 0 saturated heterocycles. The average Bonchev–Trinajstić information content (AvgIpc) is 3.49. The maximum atomic E-state index is 13.0. The standard InChI is InChI=1S/C41H41N3O3/c1-29(2)46-38-26-33(24-25-35(38)39(45)47-40(3,4)5)32-22-20-31(21-23-32)28-41(34-16-10-7-11-17-34,27-30-14-8-6-9-15-30)44-37-19-13-12-18-36(37)42-43-44/h6-26,29H,27-28H2,1-5H3. The fourth-order valence-corrected chi connectivity index (χ4v) is 6.11. The predicted octanol–water partition coefficient (Wildman–Crippen LogP) is 9.07. The monoisotopic (exact) mass is 623 g/mol. The van der Waals surface area contributed by atoms with E-state index in [1.807, 2.05) is 65.0 Å². The van der Waals surface area contributed by atoms with E-state index in [9.17, 15) is 4.79 Å². The normalized spacial score (nSPS) is 13.0. The molecule has 1 heterocycles. The van der Waals surface area contributed by atoms with Crippen molar-refractivity contribution in [3.63, 3.8) is 0 Å². The third-order valence-electron chi connectivity index (χ3n) is 8.15. The van der Waals surface area contributed by atoms with Gasteiger partial charge in [0.05, 0.1) is 17.2 Å². The van der Waals surface area contributed by atoms with Crippen LogP contribution in [0.2, 0.25) is 0 Å². The maximum absolute atomic E-state index is 13.0. The minimum atomic E-state index is -0.602. The van der Waals surface area contributed by atoms with Crippen molar-refractivity contribution in [2.24, 2.45) is 0 Å². The molecule has 0 bridgehead atoms. The third kappa shape index (κ3) is 7.12. The molecule has 0 aliphatic rings. The Bertz CT molecular complexity index is 1960. The summed E-state index contributed by atoms with van der Waals surface area (Å²) in [6, 6.07) is 43.7. The van der Waals surface area contributed by atoms with E-state index in [1.165, 1.54) is 5.56 Å². The number of nitrogens with zero attached hydrogens (tertiary/aromatic N) is 3. The molecule has 0 aliphatic carbocycles. The molecule has 1 atom stereocenters. The molecule has 0 fully saturated rings. The first kappa shape index (κ1) is 31.7. The van der Waals surface area contributed by atoms with Crippen molar-refractivity contribution in [2.75, 3.05) is 0 Å². The summed E-state index contributed by atoms with van der Waals surface area (Å²) in [5.74, 6) is 0.117. The number of ether oxygens (including phenoxy) is 2. The summed E-state index contributed by atoms with van der Waals surface area (Å²) in [5.41, 5.74) is 6.66. The summed E-state index contributed by atoms with van der Waals surface area (Å²) in [6.07, 6.45) is 1.32. The van der Waals surface area contributed by atoms with Crippen LogP contribution in [0, 0.1) is 0 Å². The van der Waals surface area contributed by atoms with Gasteiger partial charge >= 0.3 is 5.97 Å². The van der Waals surface area contributed by atoms with Crippen molar-refractivity contribution in [3.8, 4) is 16.9 Å². The minimum Gasteiger partial charge on any atom is -0.490 e. The van der Waals surface area contributed by atoms with Gasteiger partial charge in [-0.05, 0) is 86.7 Å². The van der Waals surface area contributed by atoms with Gasteiger partial charge in [-0.25, -0.2) is 9.48 Å². The first-order chi connectivity index (χ1) is 22.6. The average molecular weight is 624 g/mol. The molecule has 0 aliphatic heterocycles. The van der Waals surface area contributed by atoms with E-state index in [2.05, 4.69) is 101 Å². The van der Waals surface area contributed by atoms with Crippen LogP contribution < -0.4 is 4.74 Å². The van der Waals surface area contributed by atoms with Crippen molar-refractivity contribution in [1.82, 2.24) is 15.0 Å². The van der Waals surface area contributed by atoms with Crippen LogP contribution >= 0.6 is 0 Å². The molecule has 1 unspecified atom stereocenters. The van der Waals surface area contributed by atoms with Crippen molar-refractivity contribution in [3.05, 3.63) is 150 Å². The van der Waals surface area contributed by atoms with Crippen LogP contribution in [0.4, 0.5) is 0 Å². The highest BCUT2D eigenvalue weighted by Crippen LogP contribution is 2.37. The number of hydrogen-bond donors (Lipinski definition) is 0. The van der Waals surface area contributed by atoms with E-state index in [-0.39, 0.29) is 6.10 Å². The molecule has 47 heavy (non-hydrogen) atoms. The van der Waals surface area contributed by atoms with E-state index in [1.54, 1.807) is 6.07 Å². The summed E-state index contributed by atoms with van der Waals surface area (Å²) in [5, 5.41) is 9.38. The Morgan fingerprint density at radius 2 is 1.32 bits per heavy atom. The van der Waals surface area contributed by atoms with Crippen molar-refractivity contribution in [2.45, 2.75) is 64.7 Å². The van der Waals surface area contributed by atoms with Gasteiger partial charge in [-0.15, -0.1) is 5.10 Å². The molecule has 0 spiro atoms. The lowest BCUT2D eigenvalue weighted by Crippen LogP contribution is -2.40. The lowest BCUT2D eigenvalue weighted by molar-refractivity contribution is 0.00648. The van der Waals surface area contributed by atoms with E-state index in [0.29, 0.717) is 17.7 Å². The zero-order valence-corrected chi connectivity index (χ0v) is 27.7. The summed E-state index contributed by atoms with van der Waals surface area (Å²) < 4.78 is 13.9. The van der Waals surface area contributed by atoms with Crippen LogP contribution in [0.5, 0.6) is 5.75 Å². The Hall–Kier alpha value is -5.23. The van der Waals surface area contributed by atoms with E-state index >= 15 is 0 Å². The van der Waals surface area contributed by atoms with Crippen LogP contribution in [0.1, 0.15) is 61.7 Å². The van der Waals surface area contributed by atoms with Gasteiger partial charge in [0.25, 0.3) is 0 Å². The van der Waals surface area contributed by atoms with Gasteiger partial charge in [-0.1, -0.05) is 108 Å². The van der Waals surface area contributed by atoms with Crippen molar-refractivity contribution >= 4 is 17.0 Å². The number of para-hydroxylation sites is 1. The molecule has 0 N–H and O–H groups in total. The highest BCUT2D eigenvalue weighted by atomic mass is 16.6. The van der Waals surface area contributed by atoms with Crippen molar-refractivity contribution in [1.29, 1.82) is 0 Å². The van der Waals surface area contributed by atoms with Crippen LogP contribution in [0.15, 0.2) is 127 Å². The topological polar surface area (TPSA) is 66.2 Å². The Balaban J connectivity index is 1.40. The summed E-state index contributed by atoms with van der Waals surface area (Å²) in [7, 11) is 0. The Labute approximate surface area is 277 Å². The van der Waals surface area contributed by atoms with Crippen molar-refractivity contribution < 1.29 is 14.3 Å². The maximum Gasteiger partial charge on any atom is 0.342 e. The van der Waals surface area contributed by atoms with Gasteiger partial charge in [0.1, 0.15) is 22.4 Å². The van der Waals surface area contributed by atoms with Gasteiger partial charge in [0.15, 0.2) is 0 Å². The molecule has 0 amide bonds. The zero-order valence-electron chi connectivity index (χ0n) is 27.7. The summed E-state index contributed by atoms with van der Waals surface area (Å²) in [4.78, 5) is 13.0. The Kier molecular flexibility index (Phi) is 8.95. The van der Waals surface area contributed by atoms with E-state index in [4.69, 9.17) is 14.7 Å². The second-order valence-corrected chi connectivity index (χ2v) is 13.3. The molecule has 6 nitrogen and oxygen atoms in total. The molecule has 0 radical (unpaired) electrons. The minimum absolute atomic E-state index is 0.0996. The van der Waals surface area contributed by atoms with Gasteiger partial charge in [-0.3, -0.25) is 0 Å². The first-order valence-electron chi connectivity index (χ1n) is 16.2. The molecule has 6 aromatic rings. The van der Waals surface area contributed by atoms with Crippen LogP contribution in [-0.2, 0) is 23.1 Å². The second-order valence-electron chi connectivity index (χ2n) is 13.3.